The first-order chi connectivity index (χ1) is 9.24. The molecule has 2 rings (SSSR count). The van der Waals surface area contributed by atoms with Gasteiger partial charge in [0.15, 0.2) is 11.5 Å². The molecule has 0 radical (unpaired) electrons. The predicted octanol–water partition coefficient (Wildman–Crippen LogP) is 2.47. The zero-order valence-electron chi connectivity index (χ0n) is 11.1. The van der Waals surface area contributed by atoms with E-state index in [-0.39, 0.29) is 6.61 Å². The smallest absolute Gasteiger partial charge is 0.175 e. The Morgan fingerprint density at radius 1 is 1.42 bits per heavy atom. The Morgan fingerprint density at radius 3 is 2.84 bits per heavy atom. The fourth-order valence-electron chi connectivity index (χ4n) is 1.80. The largest absolute Gasteiger partial charge is 0.493 e. The summed E-state index contributed by atoms with van der Waals surface area (Å²) in [6.45, 7) is 1.45. The van der Waals surface area contributed by atoms with Gasteiger partial charge in [0, 0.05) is 25.6 Å². The summed E-state index contributed by atoms with van der Waals surface area (Å²) < 4.78 is 11.9. The summed E-state index contributed by atoms with van der Waals surface area (Å²) in [5, 5.41) is 12.3. The van der Waals surface area contributed by atoms with Crippen LogP contribution < -0.4 is 14.8 Å². The topological polar surface area (TPSA) is 50.7 Å². The van der Waals surface area contributed by atoms with Gasteiger partial charge in [-0.15, -0.1) is 0 Å². The van der Waals surface area contributed by atoms with Gasteiger partial charge in [-0.05, 0) is 46.5 Å². The first kappa shape index (κ1) is 14.6. The average molecular weight is 330 g/mol. The molecular formula is C14H20BrNO3. The van der Waals surface area contributed by atoms with E-state index in [4.69, 9.17) is 14.6 Å². The van der Waals surface area contributed by atoms with Crippen molar-refractivity contribution in [2.75, 3.05) is 20.3 Å². The maximum Gasteiger partial charge on any atom is 0.175 e. The Hall–Kier alpha value is -0.780. The summed E-state index contributed by atoms with van der Waals surface area (Å²) in [5.41, 5.74) is 1.17. The molecule has 0 aliphatic heterocycles. The lowest BCUT2D eigenvalue weighted by Gasteiger charge is -2.14. The van der Waals surface area contributed by atoms with Crippen LogP contribution in [0.3, 0.4) is 0 Å². The lowest BCUT2D eigenvalue weighted by molar-refractivity contribution is 0.227. The molecule has 2 N–H and O–H groups in total. The van der Waals surface area contributed by atoms with Gasteiger partial charge in [-0.3, -0.25) is 0 Å². The Labute approximate surface area is 122 Å². The first-order valence-electron chi connectivity index (χ1n) is 6.58. The van der Waals surface area contributed by atoms with E-state index in [1.54, 1.807) is 7.11 Å². The minimum atomic E-state index is 0.128. The number of nitrogens with one attached hydrogen (secondary N) is 1. The standard InChI is InChI=1S/C14H20BrNO3/c1-18-13-8-10(9-16-11-3-4-11)7-12(15)14(13)19-6-2-5-17/h7-8,11,16-17H,2-6,9H2,1H3. The Bertz CT molecular complexity index is 421. The normalized spacial score (nSPS) is 14.5. The lowest BCUT2D eigenvalue weighted by Crippen LogP contribution is -2.15. The van der Waals surface area contributed by atoms with Crippen LogP contribution in [-0.2, 0) is 6.54 Å². The van der Waals surface area contributed by atoms with E-state index in [0.717, 1.165) is 16.8 Å². The van der Waals surface area contributed by atoms with Crippen LogP contribution in [0, 0.1) is 0 Å². The van der Waals surface area contributed by atoms with E-state index in [0.29, 0.717) is 24.8 Å². The van der Waals surface area contributed by atoms with E-state index < -0.39 is 0 Å². The fraction of sp³-hybridized carbons (Fsp3) is 0.571. The van der Waals surface area contributed by atoms with Crippen molar-refractivity contribution in [3.05, 3.63) is 22.2 Å². The molecule has 0 amide bonds. The molecule has 0 heterocycles. The van der Waals surface area contributed by atoms with Crippen LogP contribution in [0.2, 0.25) is 0 Å². The van der Waals surface area contributed by atoms with Gasteiger partial charge in [0.05, 0.1) is 18.2 Å². The SMILES string of the molecule is COc1cc(CNC2CC2)cc(Br)c1OCCCO. The van der Waals surface area contributed by atoms with Crippen molar-refractivity contribution in [1.82, 2.24) is 5.32 Å². The number of aliphatic hydroxyl groups excluding tert-OH is 1. The number of benzene rings is 1. The van der Waals surface area contributed by atoms with E-state index in [2.05, 4.69) is 21.2 Å². The van der Waals surface area contributed by atoms with Crippen molar-refractivity contribution in [2.24, 2.45) is 0 Å². The van der Waals surface area contributed by atoms with E-state index in [1.165, 1.54) is 18.4 Å². The highest BCUT2D eigenvalue weighted by molar-refractivity contribution is 9.10. The molecule has 1 fully saturated rings. The van der Waals surface area contributed by atoms with Gasteiger partial charge in [-0.25, -0.2) is 0 Å². The predicted molar refractivity (Wildman–Crippen MR) is 77.8 cm³/mol. The van der Waals surface area contributed by atoms with Gasteiger partial charge >= 0.3 is 0 Å². The molecule has 4 nitrogen and oxygen atoms in total. The van der Waals surface area contributed by atoms with E-state index in [9.17, 15) is 0 Å². The molecule has 0 aromatic heterocycles. The van der Waals surface area contributed by atoms with Crippen molar-refractivity contribution >= 4 is 15.9 Å². The summed E-state index contributed by atoms with van der Waals surface area (Å²) in [5.74, 6) is 1.42. The second-order valence-electron chi connectivity index (χ2n) is 4.69. The van der Waals surface area contributed by atoms with Gasteiger partial charge in [-0.1, -0.05) is 0 Å². The third kappa shape index (κ3) is 4.37. The Kier molecular flexibility index (Phi) is 5.48. The van der Waals surface area contributed by atoms with Crippen LogP contribution in [0.25, 0.3) is 0 Å². The molecule has 0 spiro atoms. The van der Waals surface area contributed by atoms with Crippen molar-refractivity contribution < 1.29 is 14.6 Å². The second kappa shape index (κ2) is 7.12. The zero-order valence-corrected chi connectivity index (χ0v) is 12.7. The fourth-order valence-corrected chi connectivity index (χ4v) is 2.41. The molecule has 19 heavy (non-hydrogen) atoms. The van der Waals surface area contributed by atoms with Crippen molar-refractivity contribution in [3.63, 3.8) is 0 Å². The highest BCUT2D eigenvalue weighted by Gasteiger charge is 2.20. The highest BCUT2D eigenvalue weighted by atomic mass is 79.9. The molecule has 1 aliphatic carbocycles. The summed E-state index contributed by atoms with van der Waals surface area (Å²) in [4.78, 5) is 0. The number of rotatable bonds is 8. The van der Waals surface area contributed by atoms with Crippen molar-refractivity contribution in [2.45, 2.75) is 31.8 Å². The van der Waals surface area contributed by atoms with Gasteiger partial charge in [0.1, 0.15) is 0 Å². The van der Waals surface area contributed by atoms with Gasteiger partial charge in [-0.2, -0.15) is 0 Å². The van der Waals surface area contributed by atoms with Gasteiger partial charge < -0.3 is 19.9 Å². The van der Waals surface area contributed by atoms with Gasteiger partial charge in [0.2, 0.25) is 0 Å². The van der Waals surface area contributed by atoms with E-state index >= 15 is 0 Å². The Balaban J connectivity index is 2.04. The van der Waals surface area contributed by atoms with Crippen molar-refractivity contribution in [3.8, 4) is 11.5 Å². The van der Waals surface area contributed by atoms with Crippen LogP contribution in [0.1, 0.15) is 24.8 Å². The maximum absolute atomic E-state index is 8.78. The molecule has 1 aromatic rings. The quantitative estimate of drug-likeness (QED) is 0.719. The highest BCUT2D eigenvalue weighted by Crippen LogP contribution is 2.37. The molecule has 1 saturated carbocycles. The van der Waals surface area contributed by atoms with Crippen LogP contribution in [0.4, 0.5) is 0 Å². The minimum Gasteiger partial charge on any atom is -0.493 e. The summed E-state index contributed by atoms with van der Waals surface area (Å²) >= 11 is 3.52. The Morgan fingerprint density at radius 2 is 2.21 bits per heavy atom. The molecule has 5 heteroatoms. The number of hydrogen-bond donors (Lipinski definition) is 2. The van der Waals surface area contributed by atoms with Gasteiger partial charge in [0.25, 0.3) is 0 Å². The molecule has 106 valence electrons. The minimum absolute atomic E-state index is 0.128. The van der Waals surface area contributed by atoms with E-state index in [1.807, 2.05) is 12.1 Å². The monoisotopic (exact) mass is 329 g/mol. The second-order valence-corrected chi connectivity index (χ2v) is 5.54. The molecule has 1 aliphatic rings. The maximum atomic E-state index is 8.78. The van der Waals surface area contributed by atoms with Crippen molar-refractivity contribution in [1.29, 1.82) is 0 Å². The van der Waals surface area contributed by atoms with Crippen LogP contribution in [0.15, 0.2) is 16.6 Å². The number of methoxy groups -OCH3 is 1. The third-order valence-electron chi connectivity index (χ3n) is 3.01. The zero-order chi connectivity index (χ0) is 13.7. The van der Waals surface area contributed by atoms with Crippen LogP contribution in [-0.4, -0.2) is 31.5 Å². The number of aliphatic hydroxyl groups is 1. The summed E-state index contributed by atoms with van der Waals surface area (Å²) in [6.07, 6.45) is 3.17. The van der Waals surface area contributed by atoms with Crippen LogP contribution >= 0.6 is 15.9 Å². The summed E-state index contributed by atoms with van der Waals surface area (Å²) in [7, 11) is 1.64. The molecule has 0 saturated heterocycles. The number of ether oxygens (including phenoxy) is 2. The van der Waals surface area contributed by atoms with Crippen LogP contribution in [0.5, 0.6) is 11.5 Å². The first-order valence-corrected chi connectivity index (χ1v) is 7.37. The number of halogens is 1. The molecule has 1 aromatic carbocycles. The molecule has 0 atom stereocenters. The summed E-state index contributed by atoms with van der Waals surface area (Å²) in [6, 6.07) is 4.73. The number of hydrogen-bond acceptors (Lipinski definition) is 4. The molecule has 0 unspecified atom stereocenters. The molecule has 0 bridgehead atoms. The lowest BCUT2D eigenvalue weighted by atomic mass is 10.2. The third-order valence-corrected chi connectivity index (χ3v) is 3.60. The average Bonchev–Trinajstić information content (AvgIpc) is 3.22. The molecular weight excluding hydrogens is 310 g/mol.